The zero-order valence-electron chi connectivity index (χ0n) is 21.7. The molecule has 0 aliphatic heterocycles. The van der Waals surface area contributed by atoms with Gasteiger partial charge in [0.1, 0.15) is 23.8 Å². The lowest BCUT2D eigenvalue weighted by Crippen LogP contribution is -2.12. The van der Waals surface area contributed by atoms with Gasteiger partial charge in [-0.2, -0.15) is 0 Å². The Morgan fingerprint density at radius 2 is 1.56 bits per heavy atom. The van der Waals surface area contributed by atoms with Crippen molar-refractivity contribution in [2.24, 2.45) is 5.73 Å². The number of nitrogens with two attached hydrogens (primary N) is 3. The first kappa shape index (κ1) is 28.1. The van der Waals surface area contributed by atoms with Gasteiger partial charge in [-0.15, -0.1) is 0 Å². The number of hydrogen-bond donors (Lipinski definition) is 5. The minimum atomic E-state index is 0.436. The molecule has 0 aromatic heterocycles. The van der Waals surface area contributed by atoms with Crippen LogP contribution in [0.4, 0.5) is 22.7 Å². The summed E-state index contributed by atoms with van der Waals surface area (Å²) < 4.78 is 11.3. The predicted octanol–water partition coefficient (Wildman–Crippen LogP) is 5.52. The van der Waals surface area contributed by atoms with Crippen LogP contribution >= 0.6 is 0 Å². The highest BCUT2D eigenvalue weighted by Gasteiger charge is 2.09. The summed E-state index contributed by atoms with van der Waals surface area (Å²) in [7, 11) is 3.15. The van der Waals surface area contributed by atoms with E-state index in [-0.39, 0.29) is 0 Å². The molecule has 0 amide bonds. The molecule has 0 atom stereocenters. The summed E-state index contributed by atoms with van der Waals surface area (Å²) in [4.78, 5) is 0. The van der Waals surface area contributed by atoms with Crippen LogP contribution in [0.1, 0.15) is 25.0 Å². The van der Waals surface area contributed by atoms with Crippen LogP contribution in [-0.4, -0.2) is 27.2 Å². The summed E-state index contributed by atoms with van der Waals surface area (Å²) in [6.45, 7) is 9.76. The van der Waals surface area contributed by atoms with Crippen LogP contribution in [0.3, 0.4) is 0 Å². The van der Waals surface area contributed by atoms with E-state index in [1.165, 1.54) is 18.2 Å². The Morgan fingerprint density at radius 3 is 2.17 bits per heavy atom. The van der Waals surface area contributed by atoms with E-state index in [9.17, 15) is 0 Å². The highest BCUT2D eigenvalue weighted by Crippen LogP contribution is 2.31. The van der Waals surface area contributed by atoms with Crippen LogP contribution in [0.2, 0.25) is 0 Å². The normalized spacial score (nSPS) is 10.9. The Kier molecular flexibility index (Phi) is 11.2. The molecule has 0 saturated carbocycles. The number of anilines is 4. The van der Waals surface area contributed by atoms with E-state index in [4.69, 9.17) is 20.9 Å². The molecule has 0 saturated heterocycles. The maximum absolute atomic E-state index is 6.26. The standard InChI is InChI=1S/C28H34N4O2.CH5N/c1-5-21-11-14-26(25(30)15-21)31-16-19(2)20(3)17-32-28-24(29)7-6-8-27(28)34-18-22-9-12-23(33-4)13-10-22;1-2/h5-15,31-32H,1,16-18,29-30H2,2-4H3;2H2,1H3/b20-19+;. The van der Waals surface area contributed by atoms with Gasteiger partial charge >= 0.3 is 0 Å². The number of nitrogens with one attached hydrogen (secondary N) is 2. The number of rotatable bonds is 11. The molecular formula is C29H39N5O2. The molecule has 0 bridgehead atoms. The van der Waals surface area contributed by atoms with Crippen molar-refractivity contribution in [1.82, 2.24) is 0 Å². The van der Waals surface area contributed by atoms with Crippen LogP contribution in [-0.2, 0) is 6.61 Å². The van der Waals surface area contributed by atoms with Crippen LogP contribution in [0.25, 0.3) is 6.08 Å². The Balaban J connectivity index is 0.00000222. The van der Waals surface area contributed by atoms with Crippen LogP contribution in [0.15, 0.2) is 78.4 Å². The van der Waals surface area contributed by atoms with Crippen molar-refractivity contribution in [1.29, 1.82) is 0 Å². The molecule has 0 unspecified atom stereocenters. The third-order valence-electron chi connectivity index (χ3n) is 5.73. The minimum Gasteiger partial charge on any atom is -0.497 e. The van der Waals surface area contributed by atoms with E-state index >= 15 is 0 Å². The number of ether oxygens (including phenoxy) is 2. The maximum atomic E-state index is 6.26. The third-order valence-corrected chi connectivity index (χ3v) is 5.73. The number of hydrogen-bond acceptors (Lipinski definition) is 7. The van der Waals surface area contributed by atoms with Crippen molar-refractivity contribution in [2.75, 3.05) is 49.3 Å². The zero-order chi connectivity index (χ0) is 26.5. The average molecular weight is 490 g/mol. The lowest BCUT2D eigenvalue weighted by Gasteiger charge is -2.17. The predicted molar refractivity (Wildman–Crippen MR) is 155 cm³/mol. The molecule has 0 fully saturated rings. The molecule has 36 heavy (non-hydrogen) atoms. The summed E-state index contributed by atoms with van der Waals surface area (Å²) in [6, 6.07) is 19.4. The van der Waals surface area contributed by atoms with Gasteiger partial charge in [0.2, 0.25) is 0 Å². The van der Waals surface area contributed by atoms with Crippen molar-refractivity contribution in [3.63, 3.8) is 0 Å². The quantitative estimate of drug-likeness (QED) is 0.178. The summed E-state index contributed by atoms with van der Waals surface area (Å²) in [5.74, 6) is 1.54. The molecule has 192 valence electrons. The second-order valence-corrected chi connectivity index (χ2v) is 8.18. The minimum absolute atomic E-state index is 0.436. The van der Waals surface area contributed by atoms with Crippen molar-refractivity contribution < 1.29 is 9.47 Å². The Bertz CT molecular complexity index is 1160. The van der Waals surface area contributed by atoms with Gasteiger partial charge in [0, 0.05) is 13.1 Å². The topological polar surface area (TPSA) is 121 Å². The van der Waals surface area contributed by atoms with Crippen LogP contribution < -0.4 is 37.3 Å². The SMILES string of the molecule is C=Cc1ccc(NC/C(C)=C(\C)CNc2c(N)cccc2OCc2ccc(OC)cc2)c(N)c1.CN. The first-order valence-corrected chi connectivity index (χ1v) is 11.8. The van der Waals surface area contributed by atoms with Gasteiger partial charge in [-0.3, -0.25) is 0 Å². The number of methoxy groups -OCH3 is 1. The molecule has 8 N–H and O–H groups in total. The lowest BCUT2D eigenvalue weighted by molar-refractivity contribution is 0.307. The zero-order valence-corrected chi connectivity index (χ0v) is 21.7. The van der Waals surface area contributed by atoms with E-state index < -0.39 is 0 Å². The Hall–Kier alpha value is -4.10. The van der Waals surface area contributed by atoms with E-state index in [2.05, 4.69) is 36.8 Å². The lowest BCUT2D eigenvalue weighted by atomic mass is 10.1. The van der Waals surface area contributed by atoms with Gasteiger partial charge in [0.15, 0.2) is 0 Å². The maximum Gasteiger partial charge on any atom is 0.145 e. The average Bonchev–Trinajstić information content (AvgIpc) is 2.91. The van der Waals surface area contributed by atoms with Crippen molar-refractivity contribution >= 4 is 28.8 Å². The molecule has 3 rings (SSSR count). The van der Waals surface area contributed by atoms with Gasteiger partial charge in [0.25, 0.3) is 0 Å². The van der Waals surface area contributed by atoms with Gasteiger partial charge in [-0.1, -0.05) is 48.1 Å². The van der Waals surface area contributed by atoms with E-state index in [0.717, 1.165) is 34.0 Å². The van der Waals surface area contributed by atoms with Gasteiger partial charge < -0.3 is 37.3 Å². The second-order valence-electron chi connectivity index (χ2n) is 8.18. The molecule has 3 aromatic rings. The molecule has 7 nitrogen and oxygen atoms in total. The van der Waals surface area contributed by atoms with Crippen molar-refractivity contribution in [2.45, 2.75) is 20.5 Å². The first-order valence-electron chi connectivity index (χ1n) is 11.8. The monoisotopic (exact) mass is 489 g/mol. The fraction of sp³-hybridized carbons (Fsp3) is 0.241. The van der Waals surface area contributed by atoms with Crippen molar-refractivity contribution in [3.8, 4) is 11.5 Å². The van der Waals surface area contributed by atoms with Gasteiger partial charge in [0.05, 0.1) is 24.2 Å². The Labute approximate surface area is 215 Å². The fourth-order valence-corrected chi connectivity index (χ4v) is 3.36. The van der Waals surface area contributed by atoms with E-state index in [0.29, 0.717) is 31.1 Å². The molecule has 0 radical (unpaired) electrons. The fourth-order valence-electron chi connectivity index (χ4n) is 3.36. The molecular weight excluding hydrogens is 450 g/mol. The smallest absolute Gasteiger partial charge is 0.145 e. The molecule has 3 aromatic carbocycles. The first-order chi connectivity index (χ1) is 17.4. The number of para-hydroxylation sites is 1. The summed E-state index contributed by atoms with van der Waals surface area (Å²) >= 11 is 0. The summed E-state index contributed by atoms with van der Waals surface area (Å²) in [5, 5.41) is 6.86. The van der Waals surface area contributed by atoms with Crippen LogP contribution in [0, 0.1) is 0 Å². The number of benzene rings is 3. The molecule has 0 heterocycles. The van der Waals surface area contributed by atoms with Crippen LogP contribution in [0.5, 0.6) is 11.5 Å². The molecule has 7 heteroatoms. The molecule has 0 aliphatic carbocycles. The third kappa shape index (κ3) is 7.99. The summed E-state index contributed by atoms with van der Waals surface area (Å²) in [5.41, 5.74) is 24.4. The largest absolute Gasteiger partial charge is 0.497 e. The highest BCUT2D eigenvalue weighted by molar-refractivity contribution is 5.74. The van der Waals surface area contributed by atoms with Gasteiger partial charge in [-0.05, 0) is 68.4 Å². The number of nitrogen functional groups attached to an aromatic ring is 2. The summed E-state index contributed by atoms with van der Waals surface area (Å²) in [6.07, 6.45) is 1.78. The second kappa shape index (κ2) is 14.3. The molecule has 0 spiro atoms. The molecule has 0 aliphatic rings. The van der Waals surface area contributed by atoms with Gasteiger partial charge in [-0.25, -0.2) is 0 Å². The highest BCUT2D eigenvalue weighted by atomic mass is 16.5. The van der Waals surface area contributed by atoms with Crippen molar-refractivity contribution in [3.05, 3.63) is 89.5 Å². The van der Waals surface area contributed by atoms with E-state index in [1.54, 1.807) is 13.2 Å². The Morgan fingerprint density at radius 1 is 0.889 bits per heavy atom. The van der Waals surface area contributed by atoms with E-state index in [1.807, 2.05) is 60.7 Å².